The first-order chi connectivity index (χ1) is 17.7. The third kappa shape index (κ3) is 4.68. The molecule has 0 bridgehead atoms. The first-order valence-corrected chi connectivity index (χ1v) is 12.4. The summed E-state index contributed by atoms with van der Waals surface area (Å²) in [5, 5.41) is 19.0. The van der Waals surface area contributed by atoms with Crippen molar-refractivity contribution in [3.05, 3.63) is 93.4 Å². The average Bonchev–Trinajstić information content (AvgIpc) is 3.47. The molecule has 0 radical (unpaired) electrons. The van der Waals surface area contributed by atoms with Crippen molar-refractivity contribution < 1.29 is 19.2 Å². The Balaban J connectivity index is 1.43. The Morgan fingerprint density at radius 1 is 1.11 bits per heavy atom. The summed E-state index contributed by atoms with van der Waals surface area (Å²) in [6, 6.07) is 16.5. The molecule has 5 aromatic rings. The number of para-hydroxylation sites is 1. The van der Waals surface area contributed by atoms with Crippen LogP contribution in [0.15, 0.2) is 65.3 Å². The summed E-state index contributed by atoms with van der Waals surface area (Å²) >= 11 is 12.9. The Bertz CT molecular complexity index is 1620. The van der Waals surface area contributed by atoms with Crippen LogP contribution in [0.5, 0.6) is 5.75 Å². The maximum Gasteiger partial charge on any atom is 0.358 e. The Morgan fingerprint density at radius 2 is 1.86 bits per heavy atom. The maximum atomic E-state index is 11.3. The van der Waals surface area contributed by atoms with Gasteiger partial charge in [-0.05, 0) is 71.5 Å². The zero-order valence-electron chi connectivity index (χ0n) is 20.3. The van der Waals surface area contributed by atoms with Gasteiger partial charge in [-0.1, -0.05) is 60.4 Å². The zero-order chi connectivity index (χ0) is 26.3. The lowest BCUT2D eigenvalue weighted by molar-refractivity contribution is 0.0688. The molecule has 3 aromatic carbocycles. The molecule has 0 spiro atoms. The maximum absolute atomic E-state index is 11.3. The van der Waals surface area contributed by atoms with Gasteiger partial charge < -0.3 is 14.4 Å². The summed E-state index contributed by atoms with van der Waals surface area (Å²) in [5.74, 6) is -0.198. The minimum atomic E-state index is -1.12. The van der Waals surface area contributed by atoms with Crippen molar-refractivity contribution in [2.24, 2.45) is 0 Å². The summed E-state index contributed by atoms with van der Waals surface area (Å²) in [4.78, 5) is 11.3. The van der Waals surface area contributed by atoms with Crippen LogP contribution in [0.2, 0.25) is 10.0 Å². The van der Waals surface area contributed by atoms with Gasteiger partial charge in [0.1, 0.15) is 18.0 Å². The molecule has 2 aromatic heterocycles. The normalized spacial score (nSPS) is 11.4. The number of ether oxygens (including phenoxy) is 1. The molecule has 0 aliphatic carbocycles. The van der Waals surface area contributed by atoms with Crippen molar-refractivity contribution >= 4 is 40.1 Å². The van der Waals surface area contributed by atoms with Gasteiger partial charge in [0.05, 0.1) is 27.3 Å². The molecule has 0 fully saturated rings. The van der Waals surface area contributed by atoms with E-state index < -0.39 is 5.97 Å². The number of halogens is 2. The third-order valence-corrected chi connectivity index (χ3v) is 6.84. The largest absolute Gasteiger partial charge is 0.487 e. The number of rotatable bonds is 7. The Kier molecular flexibility index (Phi) is 6.67. The summed E-state index contributed by atoms with van der Waals surface area (Å²) < 4.78 is 13.2. The van der Waals surface area contributed by atoms with Gasteiger partial charge in [-0.15, -0.1) is 0 Å². The third-order valence-electron chi connectivity index (χ3n) is 6.23. The highest BCUT2D eigenvalue weighted by Gasteiger charge is 2.20. The summed E-state index contributed by atoms with van der Waals surface area (Å²) in [5.41, 5.74) is 5.71. The average molecular weight is 536 g/mol. The molecule has 5 rings (SSSR count). The minimum absolute atomic E-state index is 0.0971. The molecule has 0 saturated heterocycles. The molecule has 7 nitrogen and oxygen atoms in total. The first kappa shape index (κ1) is 24.9. The highest BCUT2D eigenvalue weighted by molar-refractivity contribution is 6.37. The summed E-state index contributed by atoms with van der Waals surface area (Å²) in [6.07, 6.45) is 1.83. The van der Waals surface area contributed by atoms with Gasteiger partial charge in [-0.25, -0.2) is 9.48 Å². The van der Waals surface area contributed by atoms with Crippen LogP contribution in [0.1, 0.15) is 47.1 Å². The van der Waals surface area contributed by atoms with E-state index in [0.717, 1.165) is 27.9 Å². The summed E-state index contributed by atoms with van der Waals surface area (Å²) in [6.45, 7) is 6.46. The van der Waals surface area contributed by atoms with Crippen LogP contribution in [0.4, 0.5) is 0 Å². The van der Waals surface area contributed by atoms with Gasteiger partial charge in [-0.3, -0.25) is 0 Å². The quantitative estimate of drug-likeness (QED) is 0.229. The SMILES string of the molecule is Cc1cc(OCc2c(C(C)C)cnn2-c2c(Cl)cccc2Cl)ccc1-c1ccc2c(C(=O)O)noc2c1. The van der Waals surface area contributed by atoms with Crippen molar-refractivity contribution in [2.75, 3.05) is 0 Å². The summed E-state index contributed by atoms with van der Waals surface area (Å²) in [7, 11) is 0. The van der Waals surface area contributed by atoms with Crippen LogP contribution >= 0.6 is 23.2 Å². The fourth-order valence-electron chi connectivity index (χ4n) is 4.36. The number of fused-ring (bicyclic) bond motifs is 1. The first-order valence-electron chi connectivity index (χ1n) is 11.6. The second-order valence-electron chi connectivity index (χ2n) is 9.00. The lowest BCUT2D eigenvalue weighted by Gasteiger charge is -2.15. The molecule has 2 heterocycles. The number of benzene rings is 3. The molecule has 0 saturated carbocycles. The Morgan fingerprint density at radius 3 is 2.54 bits per heavy atom. The number of carbonyl (C=O) groups is 1. The lowest BCUT2D eigenvalue weighted by Crippen LogP contribution is -2.09. The second-order valence-corrected chi connectivity index (χ2v) is 9.81. The lowest BCUT2D eigenvalue weighted by atomic mass is 9.99. The fraction of sp³-hybridized carbons (Fsp3) is 0.179. The van der Waals surface area contributed by atoms with Crippen molar-refractivity contribution in [3.63, 3.8) is 0 Å². The van der Waals surface area contributed by atoms with Gasteiger partial charge in [0.2, 0.25) is 0 Å². The Hall–Kier alpha value is -3.81. The molecule has 0 aliphatic rings. The van der Waals surface area contributed by atoms with Crippen LogP contribution < -0.4 is 4.74 Å². The standard InChI is InChI=1S/C28H23Cl2N3O4/c1-15(2)21-13-31-33(27-22(29)5-4-6-23(27)30)24(21)14-36-18-8-10-19(16(3)11-18)17-7-9-20-25(12-17)37-32-26(20)28(34)35/h4-13,15H,14H2,1-3H3,(H,34,35). The highest BCUT2D eigenvalue weighted by Crippen LogP contribution is 2.33. The molecule has 0 amide bonds. The van der Waals surface area contributed by atoms with E-state index in [2.05, 4.69) is 24.1 Å². The number of hydrogen-bond donors (Lipinski definition) is 1. The molecule has 9 heteroatoms. The van der Waals surface area contributed by atoms with Crippen LogP contribution in [-0.4, -0.2) is 26.0 Å². The van der Waals surface area contributed by atoms with Gasteiger partial charge in [0.25, 0.3) is 0 Å². The molecule has 0 unspecified atom stereocenters. The van der Waals surface area contributed by atoms with E-state index in [4.69, 9.17) is 32.5 Å². The van der Waals surface area contributed by atoms with E-state index in [9.17, 15) is 9.90 Å². The fourth-order valence-corrected chi connectivity index (χ4v) is 4.92. The van der Waals surface area contributed by atoms with E-state index in [1.54, 1.807) is 35.0 Å². The predicted octanol–water partition coefficient (Wildman–Crippen LogP) is 7.70. The Labute approximate surface area is 223 Å². The van der Waals surface area contributed by atoms with Gasteiger partial charge >= 0.3 is 5.97 Å². The van der Waals surface area contributed by atoms with Crippen molar-refractivity contribution in [1.29, 1.82) is 0 Å². The molecule has 188 valence electrons. The second kappa shape index (κ2) is 9.92. The van der Waals surface area contributed by atoms with Crippen molar-refractivity contribution in [3.8, 4) is 22.6 Å². The van der Waals surface area contributed by atoms with Gasteiger partial charge in [-0.2, -0.15) is 5.10 Å². The number of aryl methyl sites for hydroxylation is 1. The van der Waals surface area contributed by atoms with Crippen LogP contribution in [0, 0.1) is 6.92 Å². The number of aromatic nitrogens is 3. The van der Waals surface area contributed by atoms with Gasteiger partial charge in [0, 0.05) is 0 Å². The highest BCUT2D eigenvalue weighted by atomic mass is 35.5. The van der Waals surface area contributed by atoms with E-state index >= 15 is 0 Å². The van der Waals surface area contributed by atoms with Crippen molar-refractivity contribution in [1.82, 2.24) is 14.9 Å². The number of nitrogens with zero attached hydrogens (tertiary/aromatic N) is 3. The molecule has 37 heavy (non-hydrogen) atoms. The molecular formula is C28H23Cl2N3O4. The van der Waals surface area contributed by atoms with Crippen molar-refractivity contribution in [2.45, 2.75) is 33.3 Å². The molecule has 1 N–H and O–H groups in total. The number of hydrogen-bond acceptors (Lipinski definition) is 5. The van der Waals surface area contributed by atoms with Crippen LogP contribution in [-0.2, 0) is 6.61 Å². The van der Waals surface area contributed by atoms with Crippen LogP contribution in [0.3, 0.4) is 0 Å². The van der Waals surface area contributed by atoms with E-state index in [1.165, 1.54) is 0 Å². The smallest absolute Gasteiger partial charge is 0.358 e. The van der Waals surface area contributed by atoms with E-state index in [-0.39, 0.29) is 18.2 Å². The zero-order valence-corrected chi connectivity index (χ0v) is 21.8. The number of carboxylic acids is 1. The predicted molar refractivity (Wildman–Crippen MR) is 143 cm³/mol. The van der Waals surface area contributed by atoms with E-state index in [1.807, 2.05) is 37.4 Å². The topological polar surface area (TPSA) is 90.4 Å². The monoisotopic (exact) mass is 535 g/mol. The molecule has 0 atom stereocenters. The van der Waals surface area contributed by atoms with Crippen LogP contribution in [0.25, 0.3) is 27.8 Å². The van der Waals surface area contributed by atoms with Gasteiger partial charge in [0.15, 0.2) is 11.3 Å². The molecule has 0 aliphatic heterocycles. The minimum Gasteiger partial charge on any atom is -0.487 e. The number of aromatic carboxylic acids is 1. The van der Waals surface area contributed by atoms with E-state index in [0.29, 0.717) is 32.5 Å². The molecular weight excluding hydrogens is 513 g/mol. The number of carboxylic acid groups (broad SMARTS) is 1.